The predicted octanol–water partition coefficient (Wildman–Crippen LogP) is 0.148. The Morgan fingerprint density at radius 2 is 1.95 bits per heavy atom. The molecule has 0 aliphatic rings. The largest absolute Gasteiger partial charge is 0.399 e. The first-order chi connectivity index (χ1) is 9.08. The van der Waals surface area contributed by atoms with Gasteiger partial charge in [0.25, 0.3) is 5.91 Å². The Balaban J connectivity index is 2.03. The van der Waals surface area contributed by atoms with E-state index in [4.69, 9.17) is 11.5 Å². The molecular formula is C12H15N5O2. The summed E-state index contributed by atoms with van der Waals surface area (Å²) in [6.07, 6.45) is 1.63. The Bertz CT molecular complexity index is 620. The number of fused-ring (bicyclic) bond motifs is 1. The standard InChI is InChI=1S/C12H15N5O2/c13-7-1-2-8-9(6-17-10(8)5-7)11(18)15-3-4-16-12(14)19/h1-2,5-6,17H,3-4,13H2,(H,15,18)(H3,14,16,19). The average molecular weight is 261 g/mol. The number of H-pyrrole nitrogens is 1. The highest BCUT2D eigenvalue weighted by molar-refractivity contribution is 6.07. The summed E-state index contributed by atoms with van der Waals surface area (Å²) in [4.78, 5) is 25.4. The quantitative estimate of drug-likeness (QED) is 0.397. The van der Waals surface area contributed by atoms with Crippen molar-refractivity contribution in [2.24, 2.45) is 5.73 Å². The van der Waals surface area contributed by atoms with Crippen LogP contribution in [0.4, 0.5) is 10.5 Å². The first-order valence-electron chi connectivity index (χ1n) is 5.76. The average Bonchev–Trinajstić information content (AvgIpc) is 2.77. The third-order valence-corrected chi connectivity index (χ3v) is 2.66. The van der Waals surface area contributed by atoms with Gasteiger partial charge in [-0.15, -0.1) is 0 Å². The Hall–Kier alpha value is -2.70. The smallest absolute Gasteiger partial charge is 0.312 e. The summed E-state index contributed by atoms with van der Waals surface area (Å²) >= 11 is 0. The zero-order valence-corrected chi connectivity index (χ0v) is 10.2. The lowest BCUT2D eigenvalue weighted by molar-refractivity contribution is 0.0955. The third-order valence-electron chi connectivity index (χ3n) is 2.66. The maximum absolute atomic E-state index is 11.9. The number of aromatic amines is 1. The molecule has 2 aromatic rings. The van der Waals surface area contributed by atoms with Crippen LogP contribution in [0.15, 0.2) is 24.4 Å². The lowest BCUT2D eigenvalue weighted by Gasteiger charge is -2.04. The molecule has 2 rings (SSSR count). The van der Waals surface area contributed by atoms with Crippen LogP contribution in [0.5, 0.6) is 0 Å². The zero-order valence-electron chi connectivity index (χ0n) is 10.2. The minimum Gasteiger partial charge on any atom is -0.399 e. The molecule has 1 aromatic carbocycles. The van der Waals surface area contributed by atoms with Gasteiger partial charge in [0.15, 0.2) is 0 Å². The SMILES string of the molecule is NC(=O)NCCNC(=O)c1c[nH]c2cc(N)ccc12. The van der Waals surface area contributed by atoms with Crippen LogP contribution in [0.2, 0.25) is 0 Å². The highest BCUT2D eigenvalue weighted by Gasteiger charge is 2.11. The summed E-state index contributed by atoms with van der Waals surface area (Å²) in [7, 11) is 0. The van der Waals surface area contributed by atoms with Gasteiger partial charge in [-0.05, 0) is 18.2 Å². The van der Waals surface area contributed by atoms with Crippen molar-refractivity contribution in [3.05, 3.63) is 30.0 Å². The summed E-state index contributed by atoms with van der Waals surface area (Å²) in [5, 5.41) is 5.88. The van der Waals surface area contributed by atoms with Crippen LogP contribution in [-0.2, 0) is 0 Å². The summed E-state index contributed by atoms with van der Waals surface area (Å²) < 4.78 is 0. The van der Waals surface area contributed by atoms with E-state index in [1.54, 1.807) is 24.4 Å². The molecule has 0 unspecified atom stereocenters. The molecule has 0 fully saturated rings. The minimum absolute atomic E-state index is 0.220. The van der Waals surface area contributed by atoms with Crippen LogP contribution >= 0.6 is 0 Å². The highest BCUT2D eigenvalue weighted by atomic mass is 16.2. The van der Waals surface area contributed by atoms with Gasteiger partial charge in [0.1, 0.15) is 0 Å². The van der Waals surface area contributed by atoms with E-state index in [0.29, 0.717) is 17.8 Å². The number of carbonyl (C=O) groups is 2. The van der Waals surface area contributed by atoms with E-state index in [2.05, 4.69) is 15.6 Å². The van der Waals surface area contributed by atoms with Gasteiger partial charge in [-0.2, -0.15) is 0 Å². The molecule has 0 saturated heterocycles. The molecule has 7 heteroatoms. The lowest BCUT2D eigenvalue weighted by Crippen LogP contribution is -2.37. The molecule has 3 amide bonds. The molecule has 0 aliphatic heterocycles. The monoisotopic (exact) mass is 261 g/mol. The fourth-order valence-electron chi connectivity index (χ4n) is 1.79. The Morgan fingerprint density at radius 1 is 1.21 bits per heavy atom. The topological polar surface area (TPSA) is 126 Å². The first-order valence-corrected chi connectivity index (χ1v) is 5.76. The number of hydrogen-bond donors (Lipinski definition) is 5. The maximum atomic E-state index is 11.9. The van der Waals surface area contributed by atoms with Gasteiger partial charge in [-0.1, -0.05) is 0 Å². The van der Waals surface area contributed by atoms with Crippen molar-refractivity contribution in [2.75, 3.05) is 18.8 Å². The van der Waals surface area contributed by atoms with Crippen LogP contribution < -0.4 is 22.1 Å². The Kier molecular flexibility index (Phi) is 3.56. The number of benzene rings is 1. The second-order valence-electron chi connectivity index (χ2n) is 4.05. The number of rotatable bonds is 4. The van der Waals surface area contributed by atoms with E-state index in [1.165, 1.54) is 0 Å². The summed E-state index contributed by atoms with van der Waals surface area (Å²) in [5.41, 5.74) is 12.5. The second kappa shape index (κ2) is 5.30. The van der Waals surface area contributed by atoms with E-state index in [-0.39, 0.29) is 12.5 Å². The van der Waals surface area contributed by atoms with Gasteiger partial charge in [0.2, 0.25) is 0 Å². The first kappa shape index (κ1) is 12.7. The molecular weight excluding hydrogens is 246 g/mol. The number of urea groups is 1. The van der Waals surface area contributed by atoms with Gasteiger partial charge >= 0.3 is 6.03 Å². The zero-order chi connectivity index (χ0) is 13.8. The van der Waals surface area contributed by atoms with E-state index in [0.717, 1.165) is 10.9 Å². The molecule has 0 saturated carbocycles. The fourth-order valence-corrected chi connectivity index (χ4v) is 1.79. The van der Waals surface area contributed by atoms with Crippen LogP contribution in [0.1, 0.15) is 10.4 Å². The van der Waals surface area contributed by atoms with Crippen molar-refractivity contribution in [3.63, 3.8) is 0 Å². The minimum atomic E-state index is -0.614. The van der Waals surface area contributed by atoms with Gasteiger partial charge in [-0.3, -0.25) is 4.79 Å². The van der Waals surface area contributed by atoms with Crippen LogP contribution in [0.25, 0.3) is 10.9 Å². The molecule has 100 valence electrons. The normalized spacial score (nSPS) is 10.3. The molecule has 0 aliphatic carbocycles. The number of amides is 3. The summed E-state index contributed by atoms with van der Waals surface area (Å²) in [6.45, 7) is 0.597. The molecule has 7 N–H and O–H groups in total. The van der Waals surface area contributed by atoms with Crippen molar-refractivity contribution in [1.82, 2.24) is 15.6 Å². The van der Waals surface area contributed by atoms with Crippen molar-refractivity contribution in [1.29, 1.82) is 0 Å². The van der Waals surface area contributed by atoms with Crippen molar-refractivity contribution in [3.8, 4) is 0 Å². The van der Waals surface area contributed by atoms with Gasteiger partial charge in [-0.25, -0.2) is 4.79 Å². The molecule has 0 atom stereocenters. The third kappa shape index (κ3) is 2.95. The maximum Gasteiger partial charge on any atom is 0.312 e. The Labute approximate surface area is 109 Å². The van der Waals surface area contributed by atoms with Crippen LogP contribution in [0.3, 0.4) is 0 Å². The molecule has 7 nitrogen and oxygen atoms in total. The fraction of sp³-hybridized carbons (Fsp3) is 0.167. The van der Waals surface area contributed by atoms with Crippen LogP contribution in [-0.4, -0.2) is 30.0 Å². The van der Waals surface area contributed by atoms with E-state index in [1.807, 2.05) is 0 Å². The van der Waals surface area contributed by atoms with E-state index < -0.39 is 6.03 Å². The number of nitrogen functional groups attached to an aromatic ring is 1. The number of aromatic nitrogens is 1. The molecule has 0 spiro atoms. The number of nitrogens with two attached hydrogens (primary N) is 2. The van der Waals surface area contributed by atoms with Crippen molar-refractivity contribution < 1.29 is 9.59 Å². The number of nitrogens with one attached hydrogen (secondary N) is 3. The molecule has 19 heavy (non-hydrogen) atoms. The van der Waals surface area contributed by atoms with Gasteiger partial charge < -0.3 is 27.1 Å². The van der Waals surface area contributed by atoms with E-state index in [9.17, 15) is 9.59 Å². The molecule has 1 aromatic heterocycles. The predicted molar refractivity (Wildman–Crippen MR) is 72.6 cm³/mol. The Morgan fingerprint density at radius 3 is 2.68 bits per heavy atom. The highest BCUT2D eigenvalue weighted by Crippen LogP contribution is 2.20. The summed E-state index contributed by atoms with van der Waals surface area (Å²) in [6, 6.07) is 4.68. The second-order valence-corrected chi connectivity index (χ2v) is 4.05. The summed E-state index contributed by atoms with van der Waals surface area (Å²) in [5.74, 6) is -0.220. The van der Waals surface area contributed by atoms with Crippen molar-refractivity contribution >= 4 is 28.5 Å². The molecule has 1 heterocycles. The van der Waals surface area contributed by atoms with Crippen LogP contribution in [0, 0.1) is 0 Å². The number of hydrogen-bond acceptors (Lipinski definition) is 3. The van der Waals surface area contributed by atoms with E-state index >= 15 is 0 Å². The number of anilines is 1. The number of carbonyl (C=O) groups excluding carboxylic acids is 2. The lowest BCUT2D eigenvalue weighted by atomic mass is 10.1. The van der Waals surface area contributed by atoms with Gasteiger partial charge in [0.05, 0.1) is 5.56 Å². The van der Waals surface area contributed by atoms with Crippen molar-refractivity contribution in [2.45, 2.75) is 0 Å². The number of primary amides is 1. The molecule has 0 radical (unpaired) electrons. The molecule has 0 bridgehead atoms. The van der Waals surface area contributed by atoms with Gasteiger partial charge in [0, 0.05) is 35.9 Å².